The second kappa shape index (κ2) is 15.4. The summed E-state index contributed by atoms with van der Waals surface area (Å²) in [5.41, 5.74) is 3.08. The first kappa shape index (κ1) is 36.4. The number of nitrogens with one attached hydrogen (secondary N) is 1. The van der Waals surface area contributed by atoms with Crippen LogP contribution in [0.15, 0.2) is 60.9 Å². The lowest BCUT2D eigenvalue weighted by molar-refractivity contribution is -0.452. The van der Waals surface area contributed by atoms with E-state index in [1.165, 1.54) is 42.3 Å². The molecule has 1 aromatic carbocycles. The molecule has 0 saturated heterocycles. The molecule has 2 aromatic heterocycles. The van der Waals surface area contributed by atoms with Gasteiger partial charge in [-0.15, -0.1) is 0 Å². The summed E-state index contributed by atoms with van der Waals surface area (Å²) in [5.74, 6) is -2.35. The second-order valence-corrected chi connectivity index (χ2v) is 13.5. The Hall–Kier alpha value is -4.84. The van der Waals surface area contributed by atoms with Crippen LogP contribution in [-0.2, 0) is 10.7 Å². The zero-order valence-corrected chi connectivity index (χ0v) is 29.5. The first-order valence-electron chi connectivity index (χ1n) is 16.8. The van der Waals surface area contributed by atoms with Gasteiger partial charge >= 0.3 is 5.91 Å². The number of amides is 3. The summed E-state index contributed by atoms with van der Waals surface area (Å²) >= 11 is 0. The lowest BCUT2D eigenvalue weighted by Crippen LogP contribution is -2.47. The molecule has 5 rings (SSSR count). The van der Waals surface area contributed by atoms with E-state index in [1.54, 1.807) is 62.9 Å². The molecule has 0 spiro atoms. The summed E-state index contributed by atoms with van der Waals surface area (Å²) in [6.07, 6.45) is 9.23. The van der Waals surface area contributed by atoms with Crippen LogP contribution in [0, 0.1) is 19.8 Å². The maximum atomic E-state index is 14.4. The first-order chi connectivity index (χ1) is 23.7. The molecule has 3 heterocycles. The van der Waals surface area contributed by atoms with Gasteiger partial charge in [-0.2, -0.15) is 4.58 Å². The Labute approximate surface area is 291 Å². The molecule has 1 aliphatic carbocycles. The van der Waals surface area contributed by atoms with Crippen LogP contribution < -0.4 is 10.1 Å². The monoisotopic (exact) mass is 687 g/mol. The zero-order chi connectivity index (χ0) is 36.2. The predicted octanol–water partition coefficient (Wildman–Crippen LogP) is 5.95. The van der Waals surface area contributed by atoms with E-state index in [-0.39, 0.29) is 23.1 Å². The van der Waals surface area contributed by atoms with E-state index in [0.717, 1.165) is 19.1 Å². The topological polar surface area (TPSA) is 108 Å². The van der Waals surface area contributed by atoms with Crippen molar-refractivity contribution in [3.8, 4) is 5.75 Å². The molecule has 1 unspecified atom stereocenters. The fourth-order valence-corrected chi connectivity index (χ4v) is 5.90. The second-order valence-electron chi connectivity index (χ2n) is 13.5. The molecular weight excluding hydrogens is 642 g/mol. The van der Waals surface area contributed by atoms with Crippen LogP contribution >= 0.6 is 0 Å². The van der Waals surface area contributed by atoms with Crippen LogP contribution in [0.4, 0.5) is 14.6 Å². The number of pyridine rings is 2. The number of hydrogen-bond donors (Lipinski definition) is 1. The van der Waals surface area contributed by atoms with Crippen LogP contribution in [-0.4, -0.2) is 88.1 Å². The third-order valence-corrected chi connectivity index (χ3v) is 8.95. The molecule has 1 saturated carbocycles. The van der Waals surface area contributed by atoms with Gasteiger partial charge in [-0.1, -0.05) is 24.3 Å². The Kier molecular flexibility index (Phi) is 11.2. The average Bonchev–Trinajstić information content (AvgIpc) is 3.89. The lowest BCUT2D eigenvalue weighted by atomic mass is 10.0. The van der Waals surface area contributed by atoms with Crippen molar-refractivity contribution in [2.45, 2.75) is 59.0 Å². The number of carbonyl (C=O) groups excluding carboxylic acids is 3. The van der Waals surface area contributed by atoms with Crippen LogP contribution in [0.1, 0.15) is 82.3 Å². The smallest absolute Gasteiger partial charge is 0.411 e. The van der Waals surface area contributed by atoms with E-state index in [0.29, 0.717) is 65.9 Å². The highest BCUT2D eigenvalue weighted by atomic mass is 19.3. The lowest BCUT2D eigenvalue weighted by Gasteiger charge is -2.30. The summed E-state index contributed by atoms with van der Waals surface area (Å²) in [6, 6.07) is 9.56. The van der Waals surface area contributed by atoms with E-state index in [4.69, 9.17) is 4.74 Å². The van der Waals surface area contributed by atoms with Gasteiger partial charge in [0.25, 0.3) is 17.7 Å². The molecule has 0 bridgehead atoms. The van der Waals surface area contributed by atoms with Crippen LogP contribution in [0.3, 0.4) is 0 Å². The summed E-state index contributed by atoms with van der Waals surface area (Å²) in [5, 5.41) is 2.77. The molecule has 10 nitrogen and oxygen atoms in total. The molecular formula is C38H45F2N6O4+. The standard InChI is InChI=1S/C38H44F2N6O4/c1-24-18-31(21-41-34(24)36(48)43-35-25(2)17-29(20-42-35)37(49)44(5)6)50-32(28-10-8-11-30(19-28)38(4,39)40)23-45-15-16-46(26(3)22-45)33(47)12-7-9-27-13-14-27/h7-8,10-12,17-21,27,32H,9,13-16,22-23H2,1-6H3/p+1. The largest absolute Gasteiger partial charge is 0.483 e. The summed E-state index contributed by atoms with van der Waals surface area (Å²) in [7, 11) is 3.30. The highest BCUT2D eigenvalue weighted by Gasteiger charge is 2.31. The summed E-state index contributed by atoms with van der Waals surface area (Å²) in [6.45, 7) is 8.24. The van der Waals surface area contributed by atoms with Crippen molar-refractivity contribution in [2.75, 3.05) is 45.6 Å². The maximum Gasteiger partial charge on any atom is 0.411 e. The Bertz CT molecular complexity index is 1830. The van der Waals surface area contributed by atoms with Crippen molar-refractivity contribution < 1.29 is 32.5 Å². The van der Waals surface area contributed by atoms with E-state index < -0.39 is 17.9 Å². The highest BCUT2D eigenvalue weighted by Crippen LogP contribution is 2.33. The summed E-state index contributed by atoms with van der Waals surface area (Å²) < 4.78 is 37.0. The number of rotatable bonds is 12. The molecule has 264 valence electrons. The molecule has 1 N–H and O–H groups in total. The molecule has 3 amide bonds. The number of carbonyl (C=O) groups is 3. The fraction of sp³-hybridized carbons (Fsp3) is 0.421. The molecule has 2 aliphatic rings. The maximum absolute atomic E-state index is 14.4. The molecule has 0 radical (unpaired) electrons. The van der Waals surface area contributed by atoms with Crippen LogP contribution in [0.2, 0.25) is 0 Å². The normalized spacial score (nSPS) is 16.0. The van der Waals surface area contributed by atoms with E-state index in [1.807, 2.05) is 13.0 Å². The number of benzene rings is 1. The average molecular weight is 688 g/mol. The minimum atomic E-state index is -3.04. The third kappa shape index (κ3) is 9.23. The van der Waals surface area contributed by atoms with Crippen molar-refractivity contribution in [2.24, 2.45) is 5.92 Å². The van der Waals surface area contributed by atoms with E-state index in [9.17, 15) is 23.2 Å². The predicted molar refractivity (Wildman–Crippen MR) is 187 cm³/mol. The Balaban J connectivity index is 1.32. The van der Waals surface area contributed by atoms with Crippen LogP contribution in [0.5, 0.6) is 5.75 Å². The Morgan fingerprint density at radius 2 is 1.86 bits per heavy atom. The molecule has 1 fully saturated rings. The van der Waals surface area contributed by atoms with Crippen molar-refractivity contribution in [3.63, 3.8) is 0 Å². The number of anilines is 1. The molecule has 50 heavy (non-hydrogen) atoms. The van der Waals surface area contributed by atoms with Gasteiger partial charge in [-0.25, -0.2) is 23.5 Å². The Morgan fingerprint density at radius 1 is 1.10 bits per heavy atom. The van der Waals surface area contributed by atoms with Gasteiger partial charge in [-0.05, 0) is 73.9 Å². The van der Waals surface area contributed by atoms with Gasteiger partial charge in [0.15, 0.2) is 12.3 Å². The van der Waals surface area contributed by atoms with E-state index in [2.05, 4.69) is 20.2 Å². The van der Waals surface area contributed by atoms with Gasteiger partial charge in [0.05, 0.1) is 30.9 Å². The number of aryl methyl sites for hydroxylation is 2. The van der Waals surface area contributed by atoms with Gasteiger partial charge in [-0.3, -0.25) is 14.5 Å². The third-order valence-electron chi connectivity index (χ3n) is 8.95. The minimum absolute atomic E-state index is 0.0264. The van der Waals surface area contributed by atoms with Crippen LogP contribution in [0.25, 0.3) is 0 Å². The number of halogens is 2. The van der Waals surface area contributed by atoms with Crippen molar-refractivity contribution in [1.29, 1.82) is 0 Å². The Morgan fingerprint density at radius 3 is 2.50 bits per heavy atom. The number of aromatic nitrogens is 2. The molecule has 1 atom stereocenters. The fourth-order valence-electron chi connectivity index (χ4n) is 5.90. The van der Waals surface area contributed by atoms with E-state index >= 15 is 0 Å². The summed E-state index contributed by atoms with van der Waals surface area (Å²) in [4.78, 5) is 50.6. The number of ether oxygens (including phenoxy) is 1. The van der Waals surface area contributed by atoms with Gasteiger partial charge in [0, 0.05) is 46.2 Å². The van der Waals surface area contributed by atoms with Gasteiger partial charge in [0.1, 0.15) is 23.4 Å². The zero-order valence-electron chi connectivity index (χ0n) is 29.5. The number of hydrogen-bond acceptors (Lipinski definition) is 7. The number of nitrogens with zero attached hydrogens (tertiary/aromatic N) is 5. The number of allylic oxidation sites excluding steroid dienone is 1. The minimum Gasteiger partial charge on any atom is -0.483 e. The van der Waals surface area contributed by atoms with Gasteiger partial charge < -0.3 is 15.0 Å². The van der Waals surface area contributed by atoms with Crippen molar-refractivity contribution >= 4 is 29.3 Å². The highest BCUT2D eigenvalue weighted by molar-refractivity contribution is 6.04. The van der Waals surface area contributed by atoms with Crippen molar-refractivity contribution in [3.05, 3.63) is 94.5 Å². The molecule has 1 aliphatic heterocycles. The van der Waals surface area contributed by atoms with Gasteiger partial charge in [0.2, 0.25) is 0 Å². The molecule has 12 heteroatoms. The number of alkyl halides is 2. The quantitative estimate of drug-likeness (QED) is 0.185. The first-order valence-corrected chi connectivity index (χ1v) is 16.8. The van der Waals surface area contributed by atoms with Crippen molar-refractivity contribution in [1.82, 2.24) is 19.8 Å². The SMILES string of the molecule is CC1=[N+](C(=O)C=CCC2CC2)CCN(CC(Oc2cnc(C(=O)Nc3ncc(C(=O)N(C)C)cc3C)c(C)c2)c2cccc(C(C)(F)F)c2)C1. The molecule has 3 aromatic rings.